The van der Waals surface area contributed by atoms with Crippen molar-refractivity contribution < 1.29 is 14.3 Å². The standard InChI is InChI=1S/C29H32N6O3S2/c1-18-25(40-19(2)31-18)22-17-39-27(32-22)33-24-12-11-21(15-30-24)26(36)35-14-13-34(28(37)38-29(3,4)5)16-23(35)20-9-7-6-8-10-20/h6-12,15,17,23H,13-14,16H2,1-5H3,(H,30,32,33). The molecule has 9 nitrogen and oxygen atoms in total. The van der Waals surface area contributed by atoms with Gasteiger partial charge in [-0.1, -0.05) is 30.3 Å². The summed E-state index contributed by atoms with van der Waals surface area (Å²) < 4.78 is 5.60. The molecule has 1 N–H and O–H groups in total. The van der Waals surface area contributed by atoms with E-state index in [1.807, 2.05) is 75.2 Å². The Labute approximate surface area is 241 Å². The molecule has 1 aliphatic rings. The van der Waals surface area contributed by atoms with Gasteiger partial charge in [-0.15, -0.1) is 22.7 Å². The second kappa shape index (κ2) is 11.3. The number of hydrogen-bond donors (Lipinski definition) is 1. The number of piperazine rings is 1. The van der Waals surface area contributed by atoms with Crippen molar-refractivity contribution in [3.63, 3.8) is 0 Å². The van der Waals surface area contributed by atoms with Gasteiger partial charge in [-0.3, -0.25) is 4.79 Å². The second-order valence-corrected chi connectivity index (χ2v) is 12.7. The molecule has 2 amide bonds. The summed E-state index contributed by atoms with van der Waals surface area (Å²) in [6, 6.07) is 13.0. The average Bonchev–Trinajstić information content (AvgIpc) is 3.52. The van der Waals surface area contributed by atoms with Crippen LogP contribution in [0, 0.1) is 13.8 Å². The van der Waals surface area contributed by atoms with Crippen LogP contribution in [0.15, 0.2) is 54.0 Å². The molecule has 1 fully saturated rings. The smallest absolute Gasteiger partial charge is 0.410 e. The van der Waals surface area contributed by atoms with Gasteiger partial charge in [-0.2, -0.15) is 0 Å². The molecular formula is C29H32N6O3S2. The number of aromatic nitrogens is 3. The van der Waals surface area contributed by atoms with Crippen molar-refractivity contribution in [2.75, 3.05) is 25.0 Å². The molecule has 0 saturated carbocycles. The molecule has 4 aromatic rings. The highest BCUT2D eigenvalue weighted by Gasteiger charge is 2.35. The first kappa shape index (κ1) is 27.7. The fourth-order valence-electron chi connectivity index (χ4n) is 4.55. The number of carbonyl (C=O) groups is 2. The molecule has 0 bridgehead atoms. The van der Waals surface area contributed by atoms with E-state index in [0.29, 0.717) is 31.0 Å². The van der Waals surface area contributed by atoms with Gasteiger partial charge in [0.25, 0.3) is 5.91 Å². The molecule has 1 unspecified atom stereocenters. The van der Waals surface area contributed by atoms with Crippen LogP contribution >= 0.6 is 22.7 Å². The van der Waals surface area contributed by atoms with Crippen molar-refractivity contribution in [2.24, 2.45) is 0 Å². The predicted molar refractivity (Wildman–Crippen MR) is 158 cm³/mol. The third-order valence-electron chi connectivity index (χ3n) is 6.36. The first-order valence-electron chi connectivity index (χ1n) is 13.0. The third-order valence-corrected chi connectivity index (χ3v) is 8.22. The summed E-state index contributed by atoms with van der Waals surface area (Å²) in [7, 11) is 0. The second-order valence-electron chi connectivity index (χ2n) is 10.6. The number of nitrogens with zero attached hydrogens (tertiary/aromatic N) is 5. The monoisotopic (exact) mass is 576 g/mol. The maximum absolute atomic E-state index is 13.7. The summed E-state index contributed by atoms with van der Waals surface area (Å²) >= 11 is 3.12. The molecule has 4 heterocycles. The molecule has 0 aliphatic carbocycles. The van der Waals surface area contributed by atoms with Crippen molar-refractivity contribution in [3.05, 3.63) is 75.9 Å². The zero-order valence-corrected chi connectivity index (χ0v) is 24.8. The molecule has 0 radical (unpaired) electrons. The minimum absolute atomic E-state index is 0.135. The van der Waals surface area contributed by atoms with E-state index in [2.05, 4.69) is 20.3 Å². The van der Waals surface area contributed by atoms with Crippen LogP contribution in [0.5, 0.6) is 0 Å². The van der Waals surface area contributed by atoms with E-state index in [4.69, 9.17) is 4.74 Å². The minimum atomic E-state index is -0.590. The lowest BCUT2D eigenvalue weighted by molar-refractivity contribution is 0.00407. The lowest BCUT2D eigenvalue weighted by Gasteiger charge is -2.42. The number of nitrogens with one attached hydrogen (secondary N) is 1. The topological polar surface area (TPSA) is 101 Å². The van der Waals surface area contributed by atoms with E-state index < -0.39 is 5.60 Å². The van der Waals surface area contributed by atoms with Crippen LogP contribution in [0.4, 0.5) is 15.7 Å². The third kappa shape index (κ3) is 6.31. The van der Waals surface area contributed by atoms with Crippen molar-refractivity contribution in [3.8, 4) is 10.6 Å². The fraction of sp³-hybridized carbons (Fsp3) is 0.345. The molecule has 40 heavy (non-hydrogen) atoms. The van der Waals surface area contributed by atoms with Crippen molar-refractivity contribution in [1.29, 1.82) is 0 Å². The minimum Gasteiger partial charge on any atom is -0.444 e. The summed E-state index contributed by atoms with van der Waals surface area (Å²) in [5.74, 6) is 0.466. The lowest BCUT2D eigenvalue weighted by Crippen LogP contribution is -2.53. The van der Waals surface area contributed by atoms with Crippen molar-refractivity contribution in [2.45, 2.75) is 46.3 Å². The number of aryl methyl sites for hydroxylation is 2. The number of rotatable bonds is 5. The largest absolute Gasteiger partial charge is 0.444 e. The normalized spacial score (nSPS) is 15.7. The molecule has 208 valence electrons. The van der Waals surface area contributed by atoms with E-state index >= 15 is 0 Å². The predicted octanol–water partition coefficient (Wildman–Crippen LogP) is 6.46. The molecular weight excluding hydrogens is 544 g/mol. The summed E-state index contributed by atoms with van der Waals surface area (Å²) in [6.07, 6.45) is 1.21. The van der Waals surface area contributed by atoms with Gasteiger partial charge in [0.1, 0.15) is 11.4 Å². The SMILES string of the molecule is Cc1nc(C)c(-c2csc(Nc3ccc(C(=O)N4CCN(C(=O)OC(C)(C)C)CC4c4ccccc4)cn3)n2)s1. The van der Waals surface area contributed by atoms with Crippen LogP contribution in [-0.4, -0.2) is 62.0 Å². The van der Waals surface area contributed by atoms with Crippen LogP contribution in [-0.2, 0) is 4.74 Å². The Hall–Kier alpha value is -3.83. The Morgan fingerprint density at radius 2 is 1.82 bits per heavy atom. The maximum Gasteiger partial charge on any atom is 0.410 e. The Morgan fingerprint density at radius 3 is 2.48 bits per heavy atom. The summed E-state index contributed by atoms with van der Waals surface area (Å²) in [5, 5.41) is 6.96. The number of ether oxygens (including phenoxy) is 1. The summed E-state index contributed by atoms with van der Waals surface area (Å²) in [6.45, 7) is 10.6. The molecule has 1 aromatic carbocycles. The average molecular weight is 577 g/mol. The number of carbonyl (C=O) groups excluding carboxylic acids is 2. The van der Waals surface area contributed by atoms with Gasteiger partial charge in [0.15, 0.2) is 5.13 Å². The van der Waals surface area contributed by atoms with Crippen LogP contribution in [0.25, 0.3) is 10.6 Å². The number of hydrogen-bond acceptors (Lipinski definition) is 9. The van der Waals surface area contributed by atoms with E-state index in [1.54, 1.807) is 34.6 Å². The molecule has 1 aliphatic heterocycles. The zero-order valence-electron chi connectivity index (χ0n) is 23.2. The van der Waals surface area contributed by atoms with Gasteiger partial charge in [0, 0.05) is 31.2 Å². The van der Waals surface area contributed by atoms with E-state index in [-0.39, 0.29) is 18.0 Å². The van der Waals surface area contributed by atoms with Crippen LogP contribution in [0.2, 0.25) is 0 Å². The van der Waals surface area contributed by atoms with Crippen molar-refractivity contribution >= 4 is 45.6 Å². The van der Waals surface area contributed by atoms with Crippen LogP contribution in [0.1, 0.15) is 53.4 Å². The lowest BCUT2D eigenvalue weighted by atomic mass is 10.0. The Bertz CT molecular complexity index is 1490. The highest BCUT2D eigenvalue weighted by Crippen LogP contribution is 2.33. The van der Waals surface area contributed by atoms with Crippen molar-refractivity contribution in [1.82, 2.24) is 24.8 Å². The number of thiazole rings is 2. The summed E-state index contributed by atoms with van der Waals surface area (Å²) in [5.41, 5.74) is 2.71. The highest BCUT2D eigenvalue weighted by molar-refractivity contribution is 7.16. The number of anilines is 2. The zero-order chi connectivity index (χ0) is 28.4. The maximum atomic E-state index is 13.7. The van der Waals surface area contributed by atoms with E-state index in [0.717, 1.165) is 32.0 Å². The van der Waals surface area contributed by atoms with Gasteiger partial charge < -0.3 is 19.9 Å². The molecule has 5 rings (SSSR count). The van der Waals surface area contributed by atoms with Gasteiger partial charge in [0.05, 0.1) is 32.9 Å². The Kier molecular flexibility index (Phi) is 7.86. The van der Waals surface area contributed by atoms with Gasteiger partial charge in [-0.05, 0) is 52.3 Å². The van der Waals surface area contributed by atoms with E-state index in [1.165, 1.54) is 11.3 Å². The highest BCUT2D eigenvalue weighted by atomic mass is 32.1. The number of benzene rings is 1. The van der Waals surface area contributed by atoms with E-state index in [9.17, 15) is 9.59 Å². The molecule has 3 aromatic heterocycles. The Morgan fingerprint density at radius 1 is 1.05 bits per heavy atom. The van der Waals surface area contributed by atoms with Crippen LogP contribution < -0.4 is 5.32 Å². The molecule has 1 saturated heterocycles. The molecule has 0 spiro atoms. The van der Waals surface area contributed by atoms with Gasteiger partial charge >= 0.3 is 6.09 Å². The van der Waals surface area contributed by atoms with Gasteiger partial charge in [0.2, 0.25) is 0 Å². The Balaban J connectivity index is 1.30. The number of pyridine rings is 1. The fourth-order valence-corrected chi connectivity index (χ4v) is 6.22. The molecule has 11 heteroatoms. The number of amides is 2. The summed E-state index contributed by atoms with van der Waals surface area (Å²) in [4.78, 5) is 44.7. The molecule has 1 atom stereocenters. The first-order valence-corrected chi connectivity index (χ1v) is 14.7. The van der Waals surface area contributed by atoms with Crippen LogP contribution in [0.3, 0.4) is 0 Å². The van der Waals surface area contributed by atoms with Gasteiger partial charge in [-0.25, -0.2) is 19.7 Å². The quantitative estimate of drug-likeness (QED) is 0.291. The first-order chi connectivity index (χ1) is 19.1.